The number of rotatable bonds is 2. The summed E-state index contributed by atoms with van der Waals surface area (Å²) in [5.41, 5.74) is 6.36. The fraction of sp³-hybridized carbons (Fsp3) is 0.500. The van der Waals surface area contributed by atoms with E-state index in [0.717, 1.165) is 19.4 Å². The number of benzene rings is 1. The highest BCUT2D eigenvalue weighted by Crippen LogP contribution is 2.31. The summed E-state index contributed by atoms with van der Waals surface area (Å²) in [6, 6.07) is 5.53. The van der Waals surface area contributed by atoms with E-state index in [2.05, 4.69) is 0 Å². The summed E-state index contributed by atoms with van der Waals surface area (Å²) in [7, 11) is 0. The van der Waals surface area contributed by atoms with E-state index in [9.17, 15) is 4.79 Å². The highest BCUT2D eigenvalue weighted by molar-refractivity contribution is 5.95. The molecule has 0 saturated carbocycles. The number of halogens is 1. The topological polar surface area (TPSA) is 64.8 Å². The normalized spacial score (nSPS) is 20.4. The van der Waals surface area contributed by atoms with Gasteiger partial charge in [0.15, 0.2) is 11.5 Å². The molecule has 5 nitrogen and oxygen atoms in total. The lowest BCUT2D eigenvalue weighted by Gasteiger charge is -2.24. The average molecular weight is 299 g/mol. The van der Waals surface area contributed by atoms with E-state index in [4.69, 9.17) is 15.2 Å². The van der Waals surface area contributed by atoms with Crippen LogP contribution in [0.15, 0.2) is 18.2 Å². The van der Waals surface area contributed by atoms with E-state index in [0.29, 0.717) is 36.8 Å². The first-order chi connectivity index (χ1) is 9.29. The molecular formula is C14H19ClN2O3. The van der Waals surface area contributed by atoms with E-state index in [1.165, 1.54) is 0 Å². The minimum atomic E-state index is 0. The Kier molecular flexibility index (Phi) is 4.73. The smallest absolute Gasteiger partial charge is 0.254 e. The van der Waals surface area contributed by atoms with Gasteiger partial charge >= 0.3 is 0 Å². The lowest BCUT2D eigenvalue weighted by atomic mass is 10.1. The molecule has 20 heavy (non-hydrogen) atoms. The Bertz CT molecular complexity index is 495. The third-order valence-corrected chi connectivity index (χ3v) is 3.70. The van der Waals surface area contributed by atoms with Crippen LogP contribution < -0.4 is 15.2 Å². The van der Waals surface area contributed by atoms with Gasteiger partial charge in [-0.25, -0.2) is 0 Å². The molecule has 1 aromatic carbocycles. The molecule has 0 spiro atoms. The van der Waals surface area contributed by atoms with Crippen molar-refractivity contribution in [1.82, 2.24) is 4.90 Å². The molecule has 1 fully saturated rings. The van der Waals surface area contributed by atoms with Crippen LogP contribution in [0.3, 0.4) is 0 Å². The van der Waals surface area contributed by atoms with Crippen LogP contribution in [0.5, 0.6) is 11.5 Å². The van der Waals surface area contributed by atoms with Gasteiger partial charge in [-0.05, 0) is 31.0 Å². The SMILES string of the molecule is Cl.NCC1CCCN1C(=O)c1ccc2c(c1)OCCO2. The highest BCUT2D eigenvalue weighted by atomic mass is 35.5. The van der Waals surface area contributed by atoms with Crippen molar-refractivity contribution in [2.45, 2.75) is 18.9 Å². The van der Waals surface area contributed by atoms with E-state index in [1.807, 2.05) is 4.90 Å². The molecule has 2 heterocycles. The number of nitrogens with two attached hydrogens (primary N) is 1. The molecule has 0 aromatic heterocycles. The molecule has 3 rings (SSSR count). The molecule has 6 heteroatoms. The van der Waals surface area contributed by atoms with Gasteiger partial charge in [0.25, 0.3) is 5.91 Å². The quantitative estimate of drug-likeness (QED) is 0.897. The molecule has 1 atom stereocenters. The summed E-state index contributed by atoms with van der Waals surface area (Å²) in [6.07, 6.45) is 2.02. The summed E-state index contributed by atoms with van der Waals surface area (Å²) in [6.45, 7) is 2.40. The summed E-state index contributed by atoms with van der Waals surface area (Å²) < 4.78 is 11.0. The maximum absolute atomic E-state index is 12.5. The second-order valence-electron chi connectivity index (χ2n) is 4.89. The number of amides is 1. The number of carbonyl (C=O) groups excluding carboxylic acids is 1. The maximum Gasteiger partial charge on any atom is 0.254 e. The lowest BCUT2D eigenvalue weighted by molar-refractivity contribution is 0.0740. The van der Waals surface area contributed by atoms with Crippen LogP contribution >= 0.6 is 12.4 Å². The van der Waals surface area contributed by atoms with Crippen molar-refractivity contribution in [3.63, 3.8) is 0 Å². The van der Waals surface area contributed by atoms with Crippen molar-refractivity contribution in [3.8, 4) is 11.5 Å². The average Bonchev–Trinajstić information content (AvgIpc) is 2.94. The van der Waals surface area contributed by atoms with Crippen molar-refractivity contribution in [1.29, 1.82) is 0 Å². The van der Waals surface area contributed by atoms with E-state index in [-0.39, 0.29) is 24.4 Å². The van der Waals surface area contributed by atoms with Crippen molar-refractivity contribution < 1.29 is 14.3 Å². The van der Waals surface area contributed by atoms with Gasteiger partial charge in [0.2, 0.25) is 0 Å². The Labute approximate surface area is 124 Å². The second kappa shape index (κ2) is 6.33. The first-order valence-corrected chi connectivity index (χ1v) is 6.70. The monoisotopic (exact) mass is 298 g/mol. The van der Waals surface area contributed by atoms with Crippen LogP contribution in [-0.4, -0.2) is 43.2 Å². The van der Waals surface area contributed by atoms with Crippen LogP contribution in [0.1, 0.15) is 23.2 Å². The lowest BCUT2D eigenvalue weighted by Crippen LogP contribution is -2.39. The van der Waals surface area contributed by atoms with Gasteiger partial charge in [0.1, 0.15) is 13.2 Å². The van der Waals surface area contributed by atoms with E-state index in [1.54, 1.807) is 18.2 Å². The largest absolute Gasteiger partial charge is 0.486 e. The third kappa shape index (κ3) is 2.69. The number of ether oxygens (including phenoxy) is 2. The number of hydrogen-bond acceptors (Lipinski definition) is 4. The van der Waals surface area contributed by atoms with Gasteiger partial charge in [0, 0.05) is 24.7 Å². The van der Waals surface area contributed by atoms with Gasteiger partial charge < -0.3 is 20.1 Å². The molecule has 1 unspecified atom stereocenters. The minimum absolute atomic E-state index is 0. The Balaban J connectivity index is 0.00000147. The first kappa shape index (κ1) is 14.9. The number of fused-ring (bicyclic) bond motifs is 1. The molecule has 0 bridgehead atoms. The number of nitrogens with zero attached hydrogens (tertiary/aromatic N) is 1. The predicted molar refractivity (Wildman–Crippen MR) is 77.8 cm³/mol. The summed E-state index contributed by atoms with van der Waals surface area (Å²) in [5, 5.41) is 0. The molecule has 2 aliphatic rings. The Morgan fingerprint density at radius 3 is 2.80 bits per heavy atom. The van der Waals surface area contributed by atoms with E-state index < -0.39 is 0 Å². The molecule has 1 saturated heterocycles. The summed E-state index contributed by atoms with van der Waals surface area (Å²) in [4.78, 5) is 14.3. The maximum atomic E-state index is 12.5. The van der Waals surface area contributed by atoms with Crippen LogP contribution in [0.4, 0.5) is 0 Å². The zero-order valence-electron chi connectivity index (χ0n) is 11.2. The van der Waals surface area contributed by atoms with Crippen LogP contribution in [-0.2, 0) is 0 Å². The Morgan fingerprint density at radius 2 is 2.05 bits per heavy atom. The van der Waals surface area contributed by atoms with E-state index >= 15 is 0 Å². The number of carbonyl (C=O) groups is 1. The van der Waals surface area contributed by atoms with Crippen molar-refractivity contribution in [3.05, 3.63) is 23.8 Å². The van der Waals surface area contributed by atoms with Gasteiger partial charge in [-0.3, -0.25) is 4.79 Å². The van der Waals surface area contributed by atoms with Gasteiger partial charge in [-0.15, -0.1) is 12.4 Å². The molecule has 0 radical (unpaired) electrons. The zero-order valence-corrected chi connectivity index (χ0v) is 12.0. The Hall–Kier alpha value is -1.46. The first-order valence-electron chi connectivity index (χ1n) is 6.70. The van der Waals surface area contributed by atoms with Crippen LogP contribution in [0.25, 0.3) is 0 Å². The fourth-order valence-corrected chi connectivity index (χ4v) is 2.69. The van der Waals surface area contributed by atoms with Gasteiger partial charge in [0.05, 0.1) is 0 Å². The van der Waals surface area contributed by atoms with Crippen molar-refractivity contribution >= 4 is 18.3 Å². The highest BCUT2D eigenvalue weighted by Gasteiger charge is 2.29. The third-order valence-electron chi connectivity index (χ3n) is 3.70. The fourth-order valence-electron chi connectivity index (χ4n) is 2.69. The molecule has 2 aliphatic heterocycles. The van der Waals surface area contributed by atoms with Crippen molar-refractivity contribution in [2.75, 3.05) is 26.3 Å². The predicted octanol–water partition coefficient (Wildman–Crippen LogP) is 1.44. The molecule has 1 amide bonds. The van der Waals surface area contributed by atoms with Gasteiger partial charge in [-0.2, -0.15) is 0 Å². The molecule has 110 valence electrons. The minimum Gasteiger partial charge on any atom is -0.486 e. The van der Waals surface area contributed by atoms with Crippen molar-refractivity contribution in [2.24, 2.45) is 5.73 Å². The molecule has 0 aliphatic carbocycles. The zero-order chi connectivity index (χ0) is 13.2. The summed E-state index contributed by atoms with van der Waals surface area (Å²) >= 11 is 0. The van der Waals surface area contributed by atoms with Crippen LogP contribution in [0, 0.1) is 0 Å². The number of likely N-dealkylation sites (tertiary alicyclic amines) is 1. The summed E-state index contributed by atoms with van der Waals surface area (Å²) in [5.74, 6) is 1.39. The second-order valence-corrected chi connectivity index (χ2v) is 4.89. The molecule has 2 N–H and O–H groups in total. The number of hydrogen-bond donors (Lipinski definition) is 1. The Morgan fingerprint density at radius 1 is 1.30 bits per heavy atom. The van der Waals surface area contributed by atoms with Crippen LogP contribution in [0.2, 0.25) is 0 Å². The van der Waals surface area contributed by atoms with Gasteiger partial charge in [-0.1, -0.05) is 0 Å². The molecular weight excluding hydrogens is 280 g/mol. The molecule has 1 aromatic rings. The standard InChI is InChI=1S/C14H18N2O3.ClH/c15-9-11-2-1-5-16(11)14(17)10-3-4-12-13(8-10)19-7-6-18-12;/h3-4,8,11H,1-2,5-7,9,15H2;1H.